The summed E-state index contributed by atoms with van der Waals surface area (Å²) in [6.45, 7) is 1.11. The summed E-state index contributed by atoms with van der Waals surface area (Å²) in [5.74, 6) is 1.17. The Morgan fingerprint density at radius 2 is 1.88 bits per heavy atom. The van der Waals surface area contributed by atoms with E-state index in [-0.39, 0.29) is 24.9 Å². The SMILES string of the molecule is COc1cc(NC(=O)CN2CCCc3c(N)cccc32)cc(OC)c1.Cl. The largest absolute Gasteiger partial charge is 0.497 e. The molecule has 140 valence electrons. The highest BCUT2D eigenvalue weighted by atomic mass is 35.5. The first-order valence-corrected chi connectivity index (χ1v) is 8.26. The number of nitrogens with one attached hydrogen (secondary N) is 1. The first-order valence-electron chi connectivity index (χ1n) is 8.26. The quantitative estimate of drug-likeness (QED) is 0.783. The first kappa shape index (κ1) is 19.7. The maximum Gasteiger partial charge on any atom is 0.243 e. The second kappa shape index (κ2) is 8.67. The monoisotopic (exact) mass is 377 g/mol. The molecule has 3 N–H and O–H groups in total. The number of benzene rings is 2. The number of carbonyl (C=O) groups is 1. The molecule has 1 aliphatic rings. The van der Waals surface area contributed by atoms with Gasteiger partial charge in [-0.25, -0.2) is 0 Å². The molecule has 0 radical (unpaired) electrons. The molecule has 7 heteroatoms. The van der Waals surface area contributed by atoms with Crippen molar-refractivity contribution in [2.75, 3.05) is 43.3 Å². The maximum atomic E-state index is 12.5. The average molecular weight is 378 g/mol. The number of fused-ring (bicyclic) bond motifs is 1. The van der Waals surface area contributed by atoms with Crippen LogP contribution in [0, 0.1) is 0 Å². The van der Waals surface area contributed by atoms with E-state index >= 15 is 0 Å². The summed E-state index contributed by atoms with van der Waals surface area (Å²) >= 11 is 0. The van der Waals surface area contributed by atoms with E-state index in [4.69, 9.17) is 15.2 Å². The lowest BCUT2D eigenvalue weighted by atomic mass is 10.00. The summed E-state index contributed by atoms with van der Waals surface area (Å²) in [7, 11) is 3.16. The minimum absolute atomic E-state index is 0. The number of nitrogens with zero attached hydrogens (tertiary/aromatic N) is 1. The highest BCUT2D eigenvalue weighted by Crippen LogP contribution is 2.31. The van der Waals surface area contributed by atoms with Crippen LogP contribution in [0.2, 0.25) is 0 Å². The topological polar surface area (TPSA) is 76.8 Å². The second-order valence-corrected chi connectivity index (χ2v) is 6.02. The number of halogens is 1. The van der Waals surface area contributed by atoms with Crippen molar-refractivity contribution in [1.29, 1.82) is 0 Å². The Morgan fingerprint density at radius 3 is 2.54 bits per heavy atom. The molecule has 1 heterocycles. The second-order valence-electron chi connectivity index (χ2n) is 6.02. The van der Waals surface area contributed by atoms with E-state index in [0.29, 0.717) is 17.2 Å². The summed E-state index contributed by atoms with van der Waals surface area (Å²) in [6, 6.07) is 11.2. The number of hydrogen-bond donors (Lipinski definition) is 2. The van der Waals surface area contributed by atoms with Crippen LogP contribution in [-0.4, -0.2) is 33.2 Å². The molecule has 6 nitrogen and oxygen atoms in total. The Labute approximate surface area is 159 Å². The fourth-order valence-corrected chi connectivity index (χ4v) is 3.15. The van der Waals surface area contributed by atoms with Crippen molar-refractivity contribution >= 4 is 35.4 Å². The van der Waals surface area contributed by atoms with Crippen LogP contribution < -0.4 is 25.4 Å². The van der Waals surface area contributed by atoms with Gasteiger partial charge in [-0.1, -0.05) is 6.07 Å². The van der Waals surface area contributed by atoms with Gasteiger partial charge < -0.3 is 25.4 Å². The highest BCUT2D eigenvalue weighted by Gasteiger charge is 2.20. The van der Waals surface area contributed by atoms with Crippen LogP contribution >= 0.6 is 12.4 Å². The normalized spacial score (nSPS) is 12.6. The van der Waals surface area contributed by atoms with Crippen molar-refractivity contribution in [3.05, 3.63) is 42.0 Å². The average Bonchev–Trinajstić information content (AvgIpc) is 2.62. The fourth-order valence-electron chi connectivity index (χ4n) is 3.15. The van der Waals surface area contributed by atoms with Crippen molar-refractivity contribution < 1.29 is 14.3 Å². The van der Waals surface area contributed by atoms with Gasteiger partial charge in [-0.3, -0.25) is 4.79 Å². The molecule has 0 atom stereocenters. The molecule has 2 aromatic rings. The van der Waals surface area contributed by atoms with Crippen LogP contribution in [0.3, 0.4) is 0 Å². The predicted molar refractivity (Wildman–Crippen MR) is 107 cm³/mol. The van der Waals surface area contributed by atoms with Crippen molar-refractivity contribution in [2.24, 2.45) is 0 Å². The molecule has 2 aromatic carbocycles. The standard InChI is InChI=1S/C19H23N3O3.ClH/c1-24-14-9-13(10-15(11-14)25-2)21-19(23)12-22-8-4-5-16-17(20)6-3-7-18(16)22;/h3,6-7,9-11H,4-5,8,12,20H2,1-2H3,(H,21,23);1H. The Morgan fingerprint density at radius 1 is 1.19 bits per heavy atom. The van der Waals surface area contributed by atoms with E-state index in [1.165, 1.54) is 0 Å². The Bertz CT molecular complexity index is 760. The van der Waals surface area contributed by atoms with Crippen LogP contribution in [-0.2, 0) is 11.2 Å². The zero-order valence-electron chi connectivity index (χ0n) is 15.0. The number of rotatable bonds is 5. The van der Waals surface area contributed by atoms with E-state index in [2.05, 4.69) is 10.2 Å². The number of nitrogen functional groups attached to an aromatic ring is 1. The zero-order valence-corrected chi connectivity index (χ0v) is 15.8. The van der Waals surface area contributed by atoms with Gasteiger partial charge in [0.25, 0.3) is 0 Å². The van der Waals surface area contributed by atoms with Crippen LogP contribution in [0.15, 0.2) is 36.4 Å². The number of methoxy groups -OCH3 is 2. The van der Waals surface area contributed by atoms with Gasteiger partial charge in [-0.2, -0.15) is 0 Å². The minimum atomic E-state index is -0.0921. The Kier molecular flexibility index (Phi) is 6.58. The summed E-state index contributed by atoms with van der Waals surface area (Å²) in [4.78, 5) is 14.6. The van der Waals surface area contributed by atoms with E-state index in [1.807, 2.05) is 18.2 Å². The number of ether oxygens (including phenoxy) is 2. The van der Waals surface area contributed by atoms with Crippen LogP contribution in [0.1, 0.15) is 12.0 Å². The van der Waals surface area contributed by atoms with Gasteiger partial charge in [0.1, 0.15) is 11.5 Å². The predicted octanol–water partition coefficient (Wildman–Crippen LogP) is 3.10. The van der Waals surface area contributed by atoms with Gasteiger partial charge in [0, 0.05) is 41.8 Å². The number of hydrogen-bond acceptors (Lipinski definition) is 5. The highest BCUT2D eigenvalue weighted by molar-refractivity contribution is 5.94. The molecule has 0 aromatic heterocycles. The Balaban J connectivity index is 0.00000243. The molecular formula is C19H24ClN3O3. The first-order chi connectivity index (χ1) is 12.1. The summed E-state index contributed by atoms with van der Waals surface area (Å²) in [5, 5.41) is 2.91. The van der Waals surface area contributed by atoms with Crippen molar-refractivity contribution in [2.45, 2.75) is 12.8 Å². The maximum absolute atomic E-state index is 12.5. The molecule has 3 rings (SSSR count). The lowest BCUT2D eigenvalue weighted by molar-refractivity contribution is -0.115. The van der Waals surface area contributed by atoms with Gasteiger partial charge in [0.15, 0.2) is 0 Å². The molecule has 0 saturated heterocycles. The number of carbonyl (C=O) groups excluding carboxylic acids is 1. The van der Waals surface area contributed by atoms with Crippen molar-refractivity contribution in [3.63, 3.8) is 0 Å². The molecule has 0 unspecified atom stereocenters. The van der Waals surface area contributed by atoms with E-state index in [1.54, 1.807) is 32.4 Å². The third-order valence-electron chi connectivity index (χ3n) is 4.35. The molecule has 0 spiro atoms. The van der Waals surface area contributed by atoms with Gasteiger partial charge >= 0.3 is 0 Å². The van der Waals surface area contributed by atoms with E-state index in [0.717, 1.165) is 36.3 Å². The fraction of sp³-hybridized carbons (Fsp3) is 0.316. The van der Waals surface area contributed by atoms with Gasteiger partial charge in [-0.15, -0.1) is 12.4 Å². The molecule has 0 bridgehead atoms. The summed E-state index contributed by atoms with van der Waals surface area (Å²) in [6.07, 6.45) is 1.94. The third kappa shape index (κ3) is 4.32. The molecule has 0 saturated carbocycles. The van der Waals surface area contributed by atoms with E-state index < -0.39 is 0 Å². The summed E-state index contributed by atoms with van der Waals surface area (Å²) in [5.41, 5.74) is 9.68. The van der Waals surface area contributed by atoms with Crippen molar-refractivity contribution in [1.82, 2.24) is 0 Å². The minimum Gasteiger partial charge on any atom is -0.497 e. The Hall–Kier alpha value is -2.60. The van der Waals surface area contributed by atoms with Crippen molar-refractivity contribution in [3.8, 4) is 11.5 Å². The summed E-state index contributed by atoms with van der Waals surface area (Å²) < 4.78 is 10.5. The van der Waals surface area contributed by atoms with E-state index in [9.17, 15) is 4.79 Å². The van der Waals surface area contributed by atoms with Crippen LogP contribution in [0.4, 0.5) is 17.1 Å². The molecule has 1 aliphatic heterocycles. The smallest absolute Gasteiger partial charge is 0.243 e. The molecule has 0 aliphatic carbocycles. The van der Waals surface area contributed by atoms with Gasteiger partial charge in [-0.05, 0) is 30.5 Å². The lowest BCUT2D eigenvalue weighted by Crippen LogP contribution is -2.37. The zero-order chi connectivity index (χ0) is 17.8. The molecule has 0 fully saturated rings. The van der Waals surface area contributed by atoms with Gasteiger partial charge in [0.05, 0.1) is 20.8 Å². The number of anilines is 3. The lowest BCUT2D eigenvalue weighted by Gasteiger charge is -2.31. The molecule has 26 heavy (non-hydrogen) atoms. The molecular weight excluding hydrogens is 354 g/mol. The number of amides is 1. The third-order valence-corrected chi connectivity index (χ3v) is 4.35. The molecule has 1 amide bonds. The van der Waals surface area contributed by atoms with Crippen LogP contribution in [0.5, 0.6) is 11.5 Å². The number of nitrogens with two attached hydrogens (primary N) is 1. The van der Waals surface area contributed by atoms with Crippen LogP contribution in [0.25, 0.3) is 0 Å². The van der Waals surface area contributed by atoms with Gasteiger partial charge in [0.2, 0.25) is 5.91 Å².